The fraction of sp³-hybridized carbons (Fsp3) is 0.125. The molecule has 3 aromatic rings. The van der Waals surface area contributed by atoms with Crippen LogP contribution in [-0.2, 0) is 11.2 Å². The van der Waals surface area contributed by atoms with E-state index in [4.69, 9.17) is 5.73 Å². The SMILES string of the molecule is NC(=O)[C@H](Cc1ccccc1)n1cnc2cnccc2c1=O. The highest BCUT2D eigenvalue weighted by Crippen LogP contribution is 2.13. The quantitative estimate of drug-likeness (QED) is 0.779. The van der Waals surface area contributed by atoms with Gasteiger partial charge in [-0.05, 0) is 11.6 Å². The van der Waals surface area contributed by atoms with E-state index in [1.54, 1.807) is 6.07 Å². The zero-order chi connectivity index (χ0) is 15.5. The first-order chi connectivity index (χ1) is 10.7. The van der Waals surface area contributed by atoms with Gasteiger partial charge in [0.2, 0.25) is 5.91 Å². The Morgan fingerprint density at radius 3 is 2.73 bits per heavy atom. The second kappa shape index (κ2) is 5.77. The molecule has 0 unspecified atom stereocenters. The maximum Gasteiger partial charge on any atom is 0.262 e. The number of amides is 1. The van der Waals surface area contributed by atoms with Gasteiger partial charge in [-0.25, -0.2) is 4.98 Å². The lowest BCUT2D eigenvalue weighted by Gasteiger charge is -2.16. The number of fused-ring (bicyclic) bond motifs is 1. The summed E-state index contributed by atoms with van der Waals surface area (Å²) in [5, 5.41) is 0.414. The van der Waals surface area contributed by atoms with Crippen LogP contribution in [0.4, 0.5) is 0 Å². The van der Waals surface area contributed by atoms with Gasteiger partial charge in [0.15, 0.2) is 0 Å². The maximum atomic E-state index is 12.6. The third-order valence-corrected chi connectivity index (χ3v) is 3.52. The van der Waals surface area contributed by atoms with Crippen LogP contribution in [0.2, 0.25) is 0 Å². The molecule has 0 fully saturated rings. The molecule has 0 saturated heterocycles. The van der Waals surface area contributed by atoms with Crippen LogP contribution >= 0.6 is 0 Å². The largest absolute Gasteiger partial charge is 0.368 e. The van der Waals surface area contributed by atoms with Crippen LogP contribution in [0.15, 0.2) is 59.9 Å². The van der Waals surface area contributed by atoms with Gasteiger partial charge in [0, 0.05) is 12.6 Å². The predicted molar refractivity (Wildman–Crippen MR) is 82.2 cm³/mol. The summed E-state index contributed by atoms with van der Waals surface area (Å²) < 4.78 is 1.29. The Balaban J connectivity index is 2.07. The summed E-state index contributed by atoms with van der Waals surface area (Å²) in [6, 6.07) is 10.2. The van der Waals surface area contributed by atoms with Crippen LogP contribution in [0.1, 0.15) is 11.6 Å². The number of carbonyl (C=O) groups is 1. The molecule has 2 aromatic heterocycles. The molecule has 6 heteroatoms. The number of hydrogen-bond acceptors (Lipinski definition) is 4. The number of rotatable bonds is 4. The first-order valence-corrected chi connectivity index (χ1v) is 6.81. The highest BCUT2D eigenvalue weighted by atomic mass is 16.2. The van der Waals surface area contributed by atoms with E-state index in [1.165, 1.54) is 23.3 Å². The van der Waals surface area contributed by atoms with Crippen LogP contribution < -0.4 is 11.3 Å². The van der Waals surface area contributed by atoms with Gasteiger partial charge in [-0.2, -0.15) is 0 Å². The third kappa shape index (κ3) is 2.58. The average molecular weight is 294 g/mol. The van der Waals surface area contributed by atoms with E-state index < -0.39 is 11.9 Å². The summed E-state index contributed by atoms with van der Waals surface area (Å²) in [5.41, 5.74) is 6.61. The van der Waals surface area contributed by atoms with Gasteiger partial charge in [0.05, 0.1) is 23.4 Å². The Hall–Kier alpha value is -3.02. The molecule has 0 bridgehead atoms. The van der Waals surface area contributed by atoms with Gasteiger partial charge in [-0.15, -0.1) is 0 Å². The highest BCUT2D eigenvalue weighted by molar-refractivity contribution is 5.80. The van der Waals surface area contributed by atoms with E-state index >= 15 is 0 Å². The van der Waals surface area contributed by atoms with Crippen molar-refractivity contribution < 1.29 is 4.79 Å². The summed E-state index contributed by atoms with van der Waals surface area (Å²) in [6.07, 6.45) is 4.73. The monoisotopic (exact) mass is 294 g/mol. The number of carbonyl (C=O) groups excluding carboxylic acids is 1. The van der Waals surface area contributed by atoms with Crippen molar-refractivity contribution in [3.63, 3.8) is 0 Å². The molecule has 2 heterocycles. The summed E-state index contributed by atoms with van der Waals surface area (Å²) in [5.74, 6) is -0.568. The lowest BCUT2D eigenvalue weighted by atomic mass is 10.1. The molecule has 6 nitrogen and oxygen atoms in total. The lowest BCUT2D eigenvalue weighted by Crippen LogP contribution is -2.35. The molecule has 1 amide bonds. The molecule has 0 aliphatic heterocycles. The Morgan fingerprint density at radius 1 is 1.23 bits per heavy atom. The molecule has 2 N–H and O–H groups in total. The molecule has 110 valence electrons. The molecule has 0 aliphatic rings. The molecule has 0 aliphatic carbocycles. The average Bonchev–Trinajstić information content (AvgIpc) is 2.54. The first kappa shape index (κ1) is 13.9. The Labute approximate surface area is 126 Å². The number of nitrogens with two attached hydrogens (primary N) is 1. The highest BCUT2D eigenvalue weighted by Gasteiger charge is 2.20. The molecule has 0 saturated carbocycles. The molecule has 1 aromatic carbocycles. The minimum Gasteiger partial charge on any atom is -0.368 e. The number of hydrogen-bond donors (Lipinski definition) is 1. The number of pyridine rings is 1. The van der Waals surface area contributed by atoms with Crippen molar-refractivity contribution in [1.29, 1.82) is 0 Å². The molecule has 0 spiro atoms. The lowest BCUT2D eigenvalue weighted by molar-refractivity contribution is -0.121. The van der Waals surface area contributed by atoms with Crippen molar-refractivity contribution in [1.82, 2.24) is 14.5 Å². The van der Waals surface area contributed by atoms with E-state index in [1.807, 2.05) is 30.3 Å². The minimum atomic E-state index is -0.778. The summed E-state index contributed by atoms with van der Waals surface area (Å²) in [7, 11) is 0. The third-order valence-electron chi connectivity index (χ3n) is 3.52. The van der Waals surface area contributed by atoms with Crippen LogP contribution in [0.3, 0.4) is 0 Å². The normalized spacial score (nSPS) is 12.2. The molecular formula is C16H14N4O2. The Bertz CT molecular complexity index is 874. The number of primary amides is 1. The zero-order valence-electron chi connectivity index (χ0n) is 11.7. The second-order valence-corrected chi connectivity index (χ2v) is 4.96. The van der Waals surface area contributed by atoms with Gasteiger partial charge in [0.25, 0.3) is 5.56 Å². The second-order valence-electron chi connectivity index (χ2n) is 4.96. The van der Waals surface area contributed by atoms with Gasteiger partial charge in [0.1, 0.15) is 6.04 Å². The van der Waals surface area contributed by atoms with E-state index in [0.29, 0.717) is 17.3 Å². The molecule has 3 rings (SSSR count). The maximum absolute atomic E-state index is 12.6. The summed E-state index contributed by atoms with van der Waals surface area (Å²) in [4.78, 5) is 32.5. The molecule has 0 radical (unpaired) electrons. The fourth-order valence-electron chi connectivity index (χ4n) is 2.38. The van der Waals surface area contributed by atoms with Crippen LogP contribution in [0.25, 0.3) is 10.9 Å². The van der Waals surface area contributed by atoms with Gasteiger partial charge < -0.3 is 5.73 Å². The van der Waals surface area contributed by atoms with Crippen LogP contribution in [0, 0.1) is 0 Å². The molecule has 1 atom stereocenters. The van der Waals surface area contributed by atoms with E-state index in [9.17, 15) is 9.59 Å². The standard InChI is InChI=1S/C16H14N4O2/c17-15(21)14(8-11-4-2-1-3-5-11)20-10-19-13-9-18-7-6-12(13)16(20)22/h1-7,9-10,14H,8H2,(H2,17,21)/t14-/m0/s1. The van der Waals surface area contributed by atoms with Crippen molar-refractivity contribution in [2.24, 2.45) is 5.73 Å². The van der Waals surface area contributed by atoms with Crippen molar-refractivity contribution in [2.45, 2.75) is 12.5 Å². The summed E-state index contributed by atoms with van der Waals surface area (Å²) >= 11 is 0. The van der Waals surface area contributed by atoms with E-state index in [2.05, 4.69) is 9.97 Å². The van der Waals surface area contributed by atoms with Gasteiger partial charge in [-0.1, -0.05) is 30.3 Å². The van der Waals surface area contributed by atoms with Crippen LogP contribution in [0.5, 0.6) is 0 Å². The zero-order valence-corrected chi connectivity index (χ0v) is 11.7. The predicted octanol–water partition coefficient (Wildman–Crippen LogP) is 1.06. The van der Waals surface area contributed by atoms with Gasteiger partial charge in [-0.3, -0.25) is 19.1 Å². The number of nitrogens with zero attached hydrogens (tertiary/aromatic N) is 3. The van der Waals surface area contributed by atoms with Crippen molar-refractivity contribution in [3.05, 3.63) is 71.0 Å². The Kier molecular flexibility index (Phi) is 3.65. The van der Waals surface area contributed by atoms with Gasteiger partial charge >= 0.3 is 0 Å². The molecular weight excluding hydrogens is 280 g/mol. The van der Waals surface area contributed by atoms with E-state index in [-0.39, 0.29) is 5.56 Å². The van der Waals surface area contributed by atoms with E-state index in [0.717, 1.165) is 5.56 Å². The Morgan fingerprint density at radius 2 is 2.00 bits per heavy atom. The molecule has 22 heavy (non-hydrogen) atoms. The number of aromatic nitrogens is 3. The number of benzene rings is 1. The first-order valence-electron chi connectivity index (χ1n) is 6.81. The topological polar surface area (TPSA) is 90.9 Å². The minimum absolute atomic E-state index is 0.299. The van der Waals surface area contributed by atoms with Crippen LogP contribution in [-0.4, -0.2) is 20.4 Å². The van der Waals surface area contributed by atoms with Crippen molar-refractivity contribution >= 4 is 16.8 Å². The van der Waals surface area contributed by atoms with Crippen molar-refractivity contribution in [3.8, 4) is 0 Å². The fourth-order valence-corrected chi connectivity index (χ4v) is 2.38. The summed E-state index contributed by atoms with van der Waals surface area (Å²) in [6.45, 7) is 0. The van der Waals surface area contributed by atoms with Crippen molar-refractivity contribution in [2.75, 3.05) is 0 Å². The smallest absolute Gasteiger partial charge is 0.262 e.